The molecule has 0 aromatic rings. The molecule has 1 saturated heterocycles. The van der Waals surface area contributed by atoms with E-state index in [0.717, 1.165) is 12.8 Å². The zero-order valence-corrected chi connectivity index (χ0v) is 19.5. The van der Waals surface area contributed by atoms with Crippen LogP contribution in [0.15, 0.2) is 0 Å². The number of amides is 1. The number of aliphatic hydroxyl groups excluding tert-OH is 4. The van der Waals surface area contributed by atoms with Crippen LogP contribution in [-0.4, -0.2) is 112 Å². The molecule has 8 unspecified atom stereocenters. The summed E-state index contributed by atoms with van der Waals surface area (Å²) in [6.45, 7) is 3.43. The van der Waals surface area contributed by atoms with Crippen molar-refractivity contribution in [3.63, 3.8) is 0 Å². The van der Waals surface area contributed by atoms with E-state index in [0.29, 0.717) is 0 Å². The molecule has 1 amide bonds. The monoisotopic (exact) mass is 517 g/mol. The van der Waals surface area contributed by atoms with E-state index in [2.05, 4.69) is 9.50 Å². The van der Waals surface area contributed by atoms with E-state index in [1.54, 1.807) is 13.8 Å². The maximum absolute atomic E-state index is 11.6. The fraction of sp³-hybridized carbons (Fsp3) is 0.889. The predicted octanol–water partition coefficient (Wildman–Crippen LogP) is -2.89. The lowest BCUT2D eigenvalue weighted by Crippen LogP contribution is -2.62. The van der Waals surface area contributed by atoms with Crippen molar-refractivity contribution in [2.75, 3.05) is 6.61 Å². The minimum atomic E-state index is -5.25. The molecule has 0 bridgehead atoms. The second-order valence-corrected chi connectivity index (χ2v) is 9.77. The van der Waals surface area contributed by atoms with Gasteiger partial charge in [-0.1, -0.05) is 0 Å². The number of nitrogens with one attached hydrogen (secondary N) is 1. The number of carbonyl (C=O) groups excluding carboxylic acids is 1. The van der Waals surface area contributed by atoms with E-state index >= 15 is 0 Å². The Morgan fingerprint density at radius 2 is 1.74 bits per heavy atom. The number of carboxylic acid groups (broad SMARTS) is 1. The summed E-state index contributed by atoms with van der Waals surface area (Å²) in [4.78, 5) is 22.9. The van der Waals surface area contributed by atoms with Crippen molar-refractivity contribution in [2.45, 2.75) is 88.4 Å². The second-order valence-electron chi connectivity index (χ2n) is 8.72. The van der Waals surface area contributed by atoms with Crippen molar-refractivity contribution in [2.24, 2.45) is 5.92 Å². The Hall–Kier alpha value is -1.47. The van der Waals surface area contributed by atoms with E-state index in [1.165, 1.54) is 6.92 Å². The van der Waals surface area contributed by atoms with Crippen LogP contribution in [0.3, 0.4) is 0 Å². The average Bonchev–Trinajstić information content (AvgIpc) is 3.53. The maximum atomic E-state index is 11.6. The Labute approximate surface area is 195 Å². The number of hydrogen-bond donors (Lipinski definition) is 7. The van der Waals surface area contributed by atoms with Crippen LogP contribution in [0.25, 0.3) is 0 Å². The molecule has 2 rings (SSSR count). The average molecular weight is 518 g/mol. The van der Waals surface area contributed by atoms with Gasteiger partial charge >= 0.3 is 16.4 Å². The molecule has 0 aromatic carbocycles. The van der Waals surface area contributed by atoms with Gasteiger partial charge in [-0.05, 0) is 32.6 Å². The highest BCUT2D eigenvalue weighted by Crippen LogP contribution is 2.39. The minimum Gasteiger partial charge on any atom is -0.479 e. The number of ether oxygens (including phenoxy) is 3. The van der Waals surface area contributed by atoms with Gasteiger partial charge in [0.15, 0.2) is 12.4 Å². The molecule has 15 nitrogen and oxygen atoms in total. The smallest absolute Gasteiger partial charge is 0.399 e. The molecule has 1 aliphatic heterocycles. The van der Waals surface area contributed by atoms with Gasteiger partial charge in [0.25, 0.3) is 0 Å². The van der Waals surface area contributed by atoms with Gasteiger partial charge in [-0.15, -0.1) is 0 Å². The molecule has 0 spiro atoms. The molecule has 34 heavy (non-hydrogen) atoms. The van der Waals surface area contributed by atoms with Crippen LogP contribution in [0.4, 0.5) is 0 Å². The molecule has 198 valence electrons. The van der Waals surface area contributed by atoms with Crippen molar-refractivity contribution in [3.8, 4) is 0 Å². The Balaban J connectivity index is 2.29. The van der Waals surface area contributed by atoms with E-state index < -0.39 is 77.7 Å². The standard InChI is InChI=1S/C18H31NO14S/c1-7(21)19-14(8-4-5-8)18(2,3)32-9(6-20)16(33-34(27,28)29)31-17-12(24)10(22)11(23)13(30-17)15(25)26/h8-14,16-17,20,22-24H,4-6H2,1-3H3,(H,19,21)(H,25,26)(H,27,28,29). The molecule has 1 aliphatic carbocycles. The van der Waals surface area contributed by atoms with E-state index in [9.17, 15) is 43.0 Å². The number of aliphatic hydroxyl groups is 4. The maximum Gasteiger partial charge on any atom is 0.399 e. The lowest BCUT2D eigenvalue weighted by Gasteiger charge is -2.42. The predicted molar refractivity (Wildman–Crippen MR) is 108 cm³/mol. The number of aliphatic carboxylic acids is 1. The summed E-state index contributed by atoms with van der Waals surface area (Å²) in [7, 11) is -5.25. The highest BCUT2D eigenvalue weighted by atomic mass is 32.3. The summed E-state index contributed by atoms with van der Waals surface area (Å²) in [6, 6.07) is -0.560. The van der Waals surface area contributed by atoms with Crippen LogP contribution >= 0.6 is 0 Å². The highest BCUT2D eigenvalue weighted by molar-refractivity contribution is 7.80. The van der Waals surface area contributed by atoms with Gasteiger partial charge < -0.3 is 45.1 Å². The fourth-order valence-electron chi connectivity index (χ4n) is 3.74. The van der Waals surface area contributed by atoms with E-state index in [1.807, 2.05) is 0 Å². The molecule has 0 aromatic heterocycles. The van der Waals surface area contributed by atoms with Crippen LogP contribution in [0.2, 0.25) is 0 Å². The topological polar surface area (TPSA) is 239 Å². The number of carbonyl (C=O) groups is 2. The molecule has 0 radical (unpaired) electrons. The Kier molecular flexibility index (Phi) is 9.36. The largest absolute Gasteiger partial charge is 0.479 e. The van der Waals surface area contributed by atoms with Gasteiger partial charge in [0.1, 0.15) is 24.4 Å². The first-order chi connectivity index (χ1) is 15.6. The minimum absolute atomic E-state index is 0.0385. The van der Waals surface area contributed by atoms with Crippen LogP contribution in [-0.2, 0) is 38.4 Å². The van der Waals surface area contributed by atoms with Crippen molar-refractivity contribution < 1.29 is 66.5 Å². The molecule has 16 heteroatoms. The lowest BCUT2D eigenvalue weighted by atomic mass is 9.93. The first-order valence-corrected chi connectivity index (χ1v) is 11.7. The summed E-state index contributed by atoms with van der Waals surface area (Å²) >= 11 is 0. The SMILES string of the molecule is CC(=O)NC(C1CC1)C(C)(C)OC(CO)C(OC1OC(C(=O)O)C(O)C(O)C1O)OS(=O)(=O)O. The molecule has 2 fully saturated rings. The molecular weight excluding hydrogens is 486 g/mol. The normalized spacial score (nSPS) is 30.9. The summed E-state index contributed by atoms with van der Waals surface area (Å²) < 4.78 is 52.3. The molecule has 7 N–H and O–H groups in total. The second kappa shape index (κ2) is 11.1. The first-order valence-electron chi connectivity index (χ1n) is 10.4. The zero-order valence-electron chi connectivity index (χ0n) is 18.7. The summed E-state index contributed by atoms with van der Waals surface area (Å²) in [5.74, 6) is -2.04. The zero-order chi connectivity index (χ0) is 26.0. The third kappa shape index (κ3) is 7.51. The summed E-state index contributed by atoms with van der Waals surface area (Å²) in [5.41, 5.74) is -1.24. The van der Waals surface area contributed by atoms with Crippen LogP contribution in [0.1, 0.15) is 33.6 Å². The van der Waals surface area contributed by atoms with Crippen molar-refractivity contribution in [1.29, 1.82) is 0 Å². The number of carboxylic acids is 1. The van der Waals surface area contributed by atoms with Gasteiger partial charge in [-0.2, -0.15) is 8.42 Å². The van der Waals surface area contributed by atoms with Crippen molar-refractivity contribution in [1.82, 2.24) is 5.32 Å². The van der Waals surface area contributed by atoms with Gasteiger partial charge in [0.05, 0.1) is 18.2 Å². The Bertz CT molecular complexity index is 831. The van der Waals surface area contributed by atoms with Crippen molar-refractivity contribution in [3.05, 3.63) is 0 Å². The molecule has 1 saturated carbocycles. The van der Waals surface area contributed by atoms with Crippen LogP contribution in [0.5, 0.6) is 0 Å². The quantitative estimate of drug-likeness (QED) is 0.102. The molecular formula is C18H31NO14S. The van der Waals surface area contributed by atoms with Crippen LogP contribution < -0.4 is 5.32 Å². The highest BCUT2D eigenvalue weighted by Gasteiger charge is 2.50. The summed E-state index contributed by atoms with van der Waals surface area (Å²) in [5, 5.41) is 51.6. The van der Waals surface area contributed by atoms with Crippen molar-refractivity contribution >= 4 is 22.3 Å². The Morgan fingerprint density at radius 1 is 1.15 bits per heavy atom. The molecule has 2 aliphatic rings. The van der Waals surface area contributed by atoms with Gasteiger partial charge in [0.2, 0.25) is 12.2 Å². The Morgan fingerprint density at radius 3 is 2.18 bits per heavy atom. The number of rotatable bonds is 12. The van der Waals surface area contributed by atoms with Gasteiger partial charge in [-0.3, -0.25) is 9.35 Å². The third-order valence-corrected chi connectivity index (χ3v) is 5.87. The lowest BCUT2D eigenvalue weighted by molar-refractivity contribution is -0.338. The summed E-state index contributed by atoms with van der Waals surface area (Å²) in [6.07, 6.45) is -12.7. The first kappa shape index (κ1) is 28.8. The van der Waals surface area contributed by atoms with Gasteiger partial charge in [-0.25, -0.2) is 8.98 Å². The van der Waals surface area contributed by atoms with E-state index in [-0.39, 0.29) is 11.8 Å². The number of hydrogen-bond acceptors (Lipinski definition) is 12. The molecule has 8 atom stereocenters. The molecule has 1 heterocycles. The van der Waals surface area contributed by atoms with Crippen LogP contribution in [0, 0.1) is 5.92 Å². The third-order valence-electron chi connectivity index (χ3n) is 5.44. The van der Waals surface area contributed by atoms with E-state index in [4.69, 9.17) is 19.3 Å². The van der Waals surface area contributed by atoms with Gasteiger partial charge in [0, 0.05) is 6.92 Å². The fourth-order valence-corrected chi connectivity index (χ4v) is 4.15.